The van der Waals surface area contributed by atoms with Gasteiger partial charge in [0.05, 0.1) is 6.61 Å². The lowest BCUT2D eigenvalue weighted by Crippen LogP contribution is -2.45. The Morgan fingerprint density at radius 3 is 2.44 bits per heavy atom. The lowest BCUT2D eigenvalue weighted by Gasteiger charge is -2.33. The second kappa shape index (κ2) is 7.46. The summed E-state index contributed by atoms with van der Waals surface area (Å²) in [6.45, 7) is 15.5. The van der Waals surface area contributed by atoms with Gasteiger partial charge in [0, 0.05) is 31.7 Å². The van der Waals surface area contributed by atoms with Gasteiger partial charge in [-0.1, -0.05) is 27.7 Å². The highest BCUT2D eigenvalue weighted by molar-refractivity contribution is 4.88. The van der Waals surface area contributed by atoms with E-state index in [2.05, 4.69) is 45.0 Å². The maximum atomic E-state index is 5.66. The first kappa shape index (κ1) is 15.9. The van der Waals surface area contributed by atoms with Gasteiger partial charge >= 0.3 is 0 Å². The average Bonchev–Trinajstić information content (AvgIpc) is 2.64. The molecule has 18 heavy (non-hydrogen) atoms. The summed E-state index contributed by atoms with van der Waals surface area (Å²) in [5.74, 6) is 1.45. The summed E-state index contributed by atoms with van der Waals surface area (Å²) >= 11 is 0. The Bertz CT molecular complexity index is 223. The fourth-order valence-electron chi connectivity index (χ4n) is 2.86. The molecule has 1 heterocycles. The molecule has 3 heteroatoms. The Morgan fingerprint density at radius 2 is 1.94 bits per heavy atom. The normalized spacial score (nSPS) is 24.7. The van der Waals surface area contributed by atoms with Crippen LogP contribution in [0.4, 0.5) is 0 Å². The van der Waals surface area contributed by atoms with E-state index in [-0.39, 0.29) is 0 Å². The topological polar surface area (TPSA) is 24.5 Å². The summed E-state index contributed by atoms with van der Waals surface area (Å²) in [5, 5.41) is 3.62. The third kappa shape index (κ3) is 5.68. The van der Waals surface area contributed by atoms with Crippen molar-refractivity contribution in [3.63, 3.8) is 0 Å². The van der Waals surface area contributed by atoms with E-state index in [0.29, 0.717) is 5.41 Å². The zero-order valence-corrected chi connectivity index (χ0v) is 13.0. The van der Waals surface area contributed by atoms with E-state index in [0.717, 1.165) is 44.7 Å². The summed E-state index contributed by atoms with van der Waals surface area (Å²) in [6, 6.07) is 0. The predicted molar refractivity (Wildman–Crippen MR) is 77.9 cm³/mol. The monoisotopic (exact) mass is 256 g/mol. The summed E-state index contributed by atoms with van der Waals surface area (Å²) in [7, 11) is 2.24. The second-order valence-electron chi connectivity index (χ2n) is 6.92. The fourth-order valence-corrected chi connectivity index (χ4v) is 2.86. The molecule has 1 aliphatic rings. The molecule has 108 valence electrons. The highest BCUT2D eigenvalue weighted by Gasteiger charge is 2.35. The third-order valence-electron chi connectivity index (χ3n) is 3.52. The number of rotatable bonds is 8. The first-order chi connectivity index (χ1) is 8.43. The van der Waals surface area contributed by atoms with Crippen LogP contribution in [-0.4, -0.2) is 51.3 Å². The van der Waals surface area contributed by atoms with Crippen molar-refractivity contribution >= 4 is 0 Å². The third-order valence-corrected chi connectivity index (χ3v) is 3.52. The van der Waals surface area contributed by atoms with Gasteiger partial charge in [0.15, 0.2) is 0 Å². The van der Waals surface area contributed by atoms with E-state index < -0.39 is 0 Å². The van der Waals surface area contributed by atoms with Crippen molar-refractivity contribution in [3.8, 4) is 0 Å². The Kier molecular flexibility index (Phi) is 6.61. The van der Waals surface area contributed by atoms with Crippen LogP contribution < -0.4 is 5.32 Å². The number of ether oxygens (including phenoxy) is 1. The minimum Gasteiger partial charge on any atom is -0.381 e. The molecule has 0 spiro atoms. The maximum Gasteiger partial charge on any atom is 0.0547 e. The van der Waals surface area contributed by atoms with Gasteiger partial charge in [-0.3, -0.25) is 0 Å². The molecule has 0 saturated carbocycles. The van der Waals surface area contributed by atoms with E-state index in [4.69, 9.17) is 4.74 Å². The summed E-state index contributed by atoms with van der Waals surface area (Å²) in [5.41, 5.74) is 0.332. The molecule has 0 aliphatic carbocycles. The summed E-state index contributed by atoms with van der Waals surface area (Å²) in [6.07, 6.45) is 1.19. The molecule has 1 fully saturated rings. The van der Waals surface area contributed by atoms with Crippen molar-refractivity contribution in [1.29, 1.82) is 0 Å². The maximum absolute atomic E-state index is 5.66. The van der Waals surface area contributed by atoms with Crippen LogP contribution in [0.25, 0.3) is 0 Å². The lowest BCUT2D eigenvalue weighted by molar-refractivity contribution is 0.114. The molecule has 0 radical (unpaired) electrons. The SMILES string of the molecule is CC(C)CNCC1(CN(C)CC(C)C)CCOC1. The minimum absolute atomic E-state index is 0.332. The molecule has 0 aromatic rings. The van der Waals surface area contributed by atoms with Gasteiger partial charge in [0.25, 0.3) is 0 Å². The van der Waals surface area contributed by atoms with Gasteiger partial charge in [-0.05, 0) is 31.8 Å². The lowest BCUT2D eigenvalue weighted by atomic mass is 9.86. The molecule has 1 N–H and O–H groups in total. The van der Waals surface area contributed by atoms with Crippen LogP contribution in [-0.2, 0) is 4.74 Å². The first-order valence-electron chi connectivity index (χ1n) is 7.40. The van der Waals surface area contributed by atoms with Crippen molar-refractivity contribution in [3.05, 3.63) is 0 Å². The molecular weight excluding hydrogens is 224 g/mol. The van der Waals surface area contributed by atoms with E-state index in [1.807, 2.05) is 0 Å². The van der Waals surface area contributed by atoms with Gasteiger partial charge in [-0.25, -0.2) is 0 Å². The quantitative estimate of drug-likeness (QED) is 0.721. The highest BCUT2D eigenvalue weighted by Crippen LogP contribution is 2.29. The van der Waals surface area contributed by atoms with Crippen LogP contribution in [0, 0.1) is 17.3 Å². The standard InChI is InChI=1S/C15H32N2O/c1-13(2)8-16-10-15(6-7-18-12-15)11-17(5)9-14(3)4/h13-14,16H,6-12H2,1-5H3. The van der Waals surface area contributed by atoms with E-state index >= 15 is 0 Å². The van der Waals surface area contributed by atoms with E-state index in [1.54, 1.807) is 0 Å². The van der Waals surface area contributed by atoms with E-state index in [1.165, 1.54) is 13.0 Å². The molecule has 0 aromatic heterocycles. The molecule has 1 atom stereocenters. The van der Waals surface area contributed by atoms with Crippen molar-refractivity contribution in [1.82, 2.24) is 10.2 Å². The molecule has 0 aromatic carbocycles. The number of nitrogens with one attached hydrogen (secondary N) is 1. The number of hydrogen-bond acceptors (Lipinski definition) is 3. The van der Waals surface area contributed by atoms with Crippen LogP contribution >= 0.6 is 0 Å². The molecule has 0 bridgehead atoms. The Hall–Kier alpha value is -0.120. The molecule has 1 unspecified atom stereocenters. The van der Waals surface area contributed by atoms with Crippen LogP contribution in [0.3, 0.4) is 0 Å². The van der Waals surface area contributed by atoms with Gasteiger partial charge in [0.1, 0.15) is 0 Å². The van der Waals surface area contributed by atoms with E-state index in [9.17, 15) is 0 Å². The average molecular weight is 256 g/mol. The molecule has 0 amide bonds. The van der Waals surface area contributed by atoms with Crippen molar-refractivity contribution < 1.29 is 4.74 Å². The summed E-state index contributed by atoms with van der Waals surface area (Å²) < 4.78 is 5.66. The van der Waals surface area contributed by atoms with Gasteiger partial charge in [-0.15, -0.1) is 0 Å². The van der Waals surface area contributed by atoms with Gasteiger partial charge in [-0.2, -0.15) is 0 Å². The zero-order valence-electron chi connectivity index (χ0n) is 13.0. The minimum atomic E-state index is 0.332. The zero-order chi connectivity index (χ0) is 13.6. The van der Waals surface area contributed by atoms with Crippen LogP contribution in [0.2, 0.25) is 0 Å². The molecule has 1 saturated heterocycles. The fraction of sp³-hybridized carbons (Fsp3) is 1.00. The van der Waals surface area contributed by atoms with Gasteiger partial charge < -0.3 is 15.0 Å². The van der Waals surface area contributed by atoms with Gasteiger partial charge in [0.2, 0.25) is 0 Å². The molecule has 3 nitrogen and oxygen atoms in total. The van der Waals surface area contributed by atoms with Crippen LogP contribution in [0.15, 0.2) is 0 Å². The summed E-state index contributed by atoms with van der Waals surface area (Å²) in [4.78, 5) is 2.47. The molecule has 1 aliphatic heterocycles. The Labute approximate surface area is 113 Å². The number of nitrogens with zero attached hydrogens (tertiary/aromatic N) is 1. The number of hydrogen-bond donors (Lipinski definition) is 1. The van der Waals surface area contributed by atoms with Crippen LogP contribution in [0.5, 0.6) is 0 Å². The Balaban J connectivity index is 2.42. The Morgan fingerprint density at radius 1 is 1.22 bits per heavy atom. The highest BCUT2D eigenvalue weighted by atomic mass is 16.5. The first-order valence-corrected chi connectivity index (χ1v) is 7.40. The predicted octanol–water partition coefficient (Wildman–Crippen LogP) is 2.23. The van der Waals surface area contributed by atoms with Crippen molar-refractivity contribution in [2.75, 3.05) is 46.4 Å². The van der Waals surface area contributed by atoms with Crippen LogP contribution in [0.1, 0.15) is 34.1 Å². The van der Waals surface area contributed by atoms with Crippen molar-refractivity contribution in [2.45, 2.75) is 34.1 Å². The smallest absolute Gasteiger partial charge is 0.0547 e. The largest absolute Gasteiger partial charge is 0.381 e. The van der Waals surface area contributed by atoms with Crippen molar-refractivity contribution in [2.24, 2.45) is 17.3 Å². The molecular formula is C15H32N2O. The molecule has 1 rings (SSSR count). The second-order valence-corrected chi connectivity index (χ2v) is 6.92.